The van der Waals surface area contributed by atoms with Crippen molar-refractivity contribution in [2.75, 3.05) is 5.32 Å². The van der Waals surface area contributed by atoms with Gasteiger partial charge in [0.2, 0.25) is 15.9 Å². The molecule has 110 valence electrons. The van der Waals surface area contributed by atoms with Crippen LogP contribution in [-0.4, -0.2) is 14.3 Å². The second-order valence-corrected chi connectivity index (χ2v) is 6.61. The Labute approximate surface area is 117 Å². The van der Waals surface area contributed by atoms with Crippen LogP contribution in [0.2, 0.25) is 0 Å². The summed E-state index contributed by atoms with van der Waals surface area (Å²) in [5.41, 5.74) is 0.115. The van der Waals surface area contributed by atoms with Gasteiger partial charge >= 0.3 is 0 Å². The van der Waals surface area contributed by atoms with E-state index < -0.39 is 15.8 Å². The average Bonchev–Trinajstić information content (AvgIpc) is 2.38. The van der Waals surface area contributed by atoms with Crippen LogP contribution in [0.15, 0.2) is 23.1 Å². The number of hydrogen-bond donors (Lipinski definition) is 2. The fraction of sp³-hybridized carbons (Fsp3) is 0.462. The number of primary sulfonamides is 1. The molecule has 20 heavy (non-hydrogen) atoms. The second-order valence-electron chi connectivity index (χ2n) is 5.04. The maximum atomic E-state index is 13.4. The molecule has 5 nitrogen and oxygen atoms in total. The lowest BCUT2D eigenvalue weighted by atomic mass is 9.88. The van der Waals surface area contributed by atoms with E-state index in [1.807, 2.05) is 0 Å². The van der Waals surface area contributed by atoms with Gasteiger partial charge in [0.15, 0.2) is 0 Å². The molecular weight excluding hydrogens is 283 g/mol. The Hall–Kier alpha value is -1.47. The molecule has 0 unspecified atom stereocenters. The van der Waals surface area contributed by atoms with Gasteiger partial charge in [0.05, 0.1) is 4.90 Å². The number of halogens is 1. The Kier molecular flexibility index (Phi) is 4.39. The number of benzene rings is 1. The zero-order chi connectivity index (χ0) is 14.8. The van der Waals surface area contributed by atoms with E-state index in [2.05, 4.69) is 5.32 Å². The third-order valence-electron chi connectivity index (χ3n) is 3.44. The highest BCUT2D eigenvalue weighted by molar-refractivity contribution is 7.89. The van der Waals surface area contributed by atoms with Gasteiger partial charge in [-0.25, -0.2) is 17.9 Å². The number of nitrogens with two attached hydrogens (primary N) is 1. The zero-order valence-corrected chi connectivity index (χ0v) is 11.7. The van der Waals surface area contributed by atoms with Crippen LogP contribution >= 0.6 is 0 Å². The summed E-state index contributed by atoms with van der Waals surface area (Å²) in [5.74, 6) is -1.05. The minimum absolute atomic E-state index is 0.0926. The van der Waals surface area contributed by atoms with Gasteiger partial charge in [-0.05, 0) is 31.0 Å². The van der Waals surface area contributed by atoms with Gasteiger partial charge in [0, 0.05) is 11.6 Å². The van der Waals surface area contributed by atoms with Crippen LogP contribution in [0.3, 0.4) is 0 Å². The lowest BCUT2D eigenvalue weighted by Crippen LogP contribution is -2.25. The summed E-state index contributed by atoms with van der Waals surface area (Å²) < 4.78 is 35.8. The quantitative estimate of drug-likeness (QED) is 0.894. The monoisotopic (exact) mass is 300 g/mol. The van der Waals surface area contributed by atoms with Crippen LogP contribution < -0.4 is 10.5 Å². The summed E-state index contributed by atoms with van der Waals surface area (Å²) in [6.07, 6.45) is 4.75. The number of carbonyl (C=O) groups is 1. The number of hydrogen-bond acceptors (Lipinski definition) is 3. The fourth-order valence-electron chi connectivity index (χ4n) is 2.41. The largest absolute Gasteiger partial charge is 0.326 e. The van der Waals surface area contributed by atoms with Crippen molar-refractivity contribution >= 4 is 21.6 Å². The first-order valence-corrected chi connectivity index (χ1v) is 8.05. The molecule has 1 aromatic rings. The predicted octanol–water partition coefficient (Wildman–Crippen LogP) is 1.99. The summed E-state index contributed by atoms with van der Waals surface area (Å²) in [6, 6.07) is 3.07. The fourth-order valence-corrected chi connectivity index (χ4v) is 2.98. The molecule has 1 aliphatic carbocycles. The summed E-state index contributed by atoms with van der Waals surface area (Å²) in [7, 11) is -4.00. The summed E-state index contributed by atoms with van der Waals surface area (Å²) in [6.45, 7) is 0. The Balaban J connectivity index is 2.16. The van der Waals surface area contributed by atoms with Gasteiger partial charge < -0.3 is 5.32 Å². The van der Waals surface area contributed by atoms with E-state index in [-0.39, 0.29) is 22.4 Å². The van der Waals surface area contributed by atoms with Crippen molar-refractivity contribution in [3.05, 3.63) is 24.0 Å². The van der Waals surface area contributed by atoms with Crippen molar-refractivity contribution in [1.82, 2.24) is 0 Å². The Morgan fingerprint density at radius 2 is 1.85 bits per heavy atom. The minimum atomic E-state index is -4.00. The molecule has 2 rings (SSSR count). The molecular formula is C13H17FN2O3S. The molecule has 0 aliphatic heterocycles. The van der Waals surface area contributed by atoms with Crippen molar-refractivity contribution < 1.29 is 17.6 Å². The first kappa shape index (κ1) is 14.9. The van der Waals surface area contributed by atoms with Crippen LogP contribution in [0.25, 0.3) is 0 Å². The molecule has 0 aromatic heterocycles. The first-order valence-electron chi connectivity index (χ1n) is 6.50. The molecule has 1 aliphatic rings. The standard InChI is InChI=1S/C13H17FN2O3S/c14-10-6-11(8-12(7-10)20(15,18)19)16-13(17)9-4-2-1-3-5-9/h6-9H,1-5H2,(H,16,17)(H2,15,18,19). The third-order valence-corrected chi connectivity index (χ3v) is 4.34. The van der Waals surface area contributed by atoms with Gasteiger partial charge in [-0.1, -0.05) is 19.3 Å². The maximum absolute atomic E-state index is 13.4. The van der Waals surface area contributed by atoms with Crippen LogP contribution in [0, 0.1) is 11.7 Å². The van der Waals surface area contributed by atoms with E-state index >= 15 is 0 Å². The van der Waals surface area contributed by atoms with E-state index in [0.717, 1.165) is 44.2 Å². The molecule has 0 heterocycles. The molecule has 0 atom stereocenters. The SMILES string of the molecule is NS(=O)(=O)c1cc(F)cc(NC(=O)C2CCCCC2)c1. The van der Waals surface area contributed by atoms with Crippen LogP contribution in [0.1, 0.15) is 32.1 Å². The van der Waals surface area contributed by atoms with Crippen LogP contribution in [-0.2, 0) is 14.8 Å². The smallest absolute Gasteiger partial charge is 0.238 e. The van der Waals surface area contributed by atoms with Crippen LogP contribution in [0.4, 0.5) is 10.1 Å². The Morgan fingerprint density at radius 1 is 1.20 bits per heavy atom. The van der Waals surface area contributed by atoms with Crippen LogP contribution in [0.5, 0.6) is 0 Å². The normalized spacial score (nSPS) is 16.9. The minimum Gasteiger partial charge on any atom is -0.326 e. The van der Waals surface area contributed by atoms with E-state index in [0.29, 0.717) is 0 Å². The topological polar surface area (TPSA) is 89.3 Å². The molecule has 1 saturated carbocycles. The third kappa shape index (κ3) is 3.77. The molecule has 0 spiro atoms. The van der Waals surface area contributed by atoms with E-state index in [1.54, 1.807) is 0 Å². The maximum Gasteiger partial charge on any atom is 0.238 e. The predicted molar refractivity (Wildman–Crippen MR) is 73.0 cm³/mol. The molecule has 1 fully saturated rings. The molecule has 0 radical (unpaired) electrons. The summed E-state index contributed by atoms with van der Waals surface area (Å²) >= 11 is 0. The van der Waals surface area contributed by atoms with Gasteiger partial charge in [-0.3, -0.25) is 4.79 Å². The second kappa shape index (κ2) is 5.88. The molecule has 0 bridgehead atoms. The number of anilines is 1. The van der Waals surface area contributed by atoms with Gasteiger partial charge in [-0.2, -0.15) is 0 Å². The molecule has 0 saturated heterocycles. The van der Waals surface area contributed by atoms with Gasteiger partial charge in [-0.15, -0.1) is 0 Å². The number of nitrogens with one attached hydrogen (secondary N) is 1. The molecule has 1 amide bonds. The van der Waals surface area contributed by atoms with Crippen molar-refractivity contribution in [1.29, 1.82) is 0 Å². The number of carbonyl (C=O) groups excluding carboxylic acids is 1. The van der Waals surface area contributed by atoms with E-state index in [9.17, 15) is 17.6 Å². The first-order chi connectivity index (χ1) is 9.36. The van der Waals surface area contributed by atoms with Gasteiger partial charge in [0.1, 0.15) is 5.82 Å². The highest BCUT2D eigenvalue weighted by Gasteiger charge is 2.21. The highest BCUT2D eigenvalue weighted by Crippen LogP contribution is 2.25. The molecule has 1 aromatic carbocycles. The average molecular weight is 300 g/mol. The number of sulfonamides is 1. The van der Waals surface area contributed by atoms with Gasteiger partial charge in [0.25, 0.3) is 0 Å². The van der Waals surface area contributed by atoms with Crippen molar-refractivity contribution in [3.63, 3.8) is 0 Å². The summed E-state index contributed by atoms with van der Waals surface area (Å²) in [5, 5.41) is 7.53. The lowest BCUT2D eigenvalue weighted by Gasteiger charge is -2.20. The molecule has 7 heteroatoms. The zero-order valence-electron chi connectivity index (χ0n) is 10.9. The van der Waals surface area contributed by atoms with E-state index in [4.69, 9.17) is 5.14 Å². The Bertz CT molecular complexity index is 610. The number of amides is 1. The number of rotatable bonds is 3. The van der Waals surface area contributed by atoms with Crippen molar-refractivity contribution in [2.45, 2.75) is 37.0 Å². The van der Waals surface area contributed by atoms with Crippen molar-refractivity contribution in [2.24, 2.45) is 11.1 Å². The lowest BCUT2D eigenvalue weighted by molar-refractivity contribution is -0.120. The Morgan fingerprint density at radius 3 is 2.45 bits per heavy atom. The van der Waals surface area contributed by atoms with E-state index in [1.165, 1.54) is 6.07 Å². The van der Waals surface area contributed by atoms with Crippen molar-refractivity contribution in [3.8, 4) is 0 Å². The molecule has 3 N–H and O–H groups in total. The summed E-state index contributed by atoms with van der Waals surface area (Å²) in [4.78, 5) is 11.7. The highest BCUT2D eigenvalue weighted by atomic mass is 32.2.